The van der Waals surface area contributed by atoms with Gasteiger partial charge in [-0.3, -0.25) is 0 Å². The number of benzene rings is 8. The topological polar surface area (TPSA) is 41.5 Å². The number of allylic oxidation sites excluding steroid dienone is 4. The Bertz CT molecular complexity index is 3850. The Hall–Kier alpha value is -8.28. The van der Waals surface area contributed by atoms with Crippen LogP contribution in [0.5, 0.6) is 11.5 Å². The number of ether oxygens (including phenoxy) is 2. The Labute approximate surface area is 373 Å². The summed E-state index contributed by atoms with van der Waals surface area (Å²) in [6.45, 7) is 0. The maximum atomic E-state index is 6.57. The van der Waals surface area contributed by atoms with Crippen molar-refractivity contribution >= 4 is 82.3 Å². The van der Waals surface area contributed by atoms with Gasteiger partial charge in [-0.05, 0) is 119 Å². The van der Waals surface area contributed by atoms with E-state index < -0.39 is 0 Å². The minimum atomic E-state index is -0.0434. The largest absolute Gasteiger partial charge is 0.485 e. The molecule has 0 spiro atoms. The zero-order valence-electron chi connectivity index (χ0n) is 35.1. The van der Waals surface area contributed by atoms with Gasteiger partial charge in [-0.15, -0.1) is 0 Å². The Balaban J connectivity index is 0.776. The number of hydrogen-bond acceptors (Lipinski definition) is 3. The minimum Gasteiger partial charge on any atom is -0.485 e. The summed E-state index contributed by atoms with van der Waals surface area (Å²) in [5, 5.41) is 7.26. The van der Waals surface area contributed by atoms with Crippen molar-refractivity contribution in [1.82, 2.24) is 9.13 Å². The first-order chi connectivity index (χ1) is 32.2. The number of rotatable bonds is 4. The minimum absolute atomic E-state index is 0.00269. The molecule has 3 atom stereocenters. The molecule has 4 aliphatic rings. The molecule has 2 aliphatic carbocycles. The molecule has 0 saturated carbocycles. The quantitative estimate of drug-likeness (QED) is 0.177. The number of nitrogens with zero attached hydrogens (tertiary/aromatic N) is 2. The van der Waals surface area contributed by atoms with E-state index in [1.165, 1.54) is 71.5 Å². The van der Waals surface area contributed by atoms with E-state index in [0.717, 1.165) is 62.4 Å². The molecule has 0 amide bonds. The van der Waals surface area contributed by atoms with Crippen LogP contribution in [-0.4, -0.2) is 21.3 Å². The fraction of sp³-hybridized carbons (Fsp3) is 0.0667. The van der Waals surface area contributed by atoms with E-state index in [4.69, 9.17) is 13.9 Å². The third-order valence-corrected chi connectivity index (χ3v) is 14.4. The van der Waals surface area contributed by atoms with Crippen molar-refractivity contribution in [3.05, 3.63) is 222 Å². The zero-order valence-corrected chi connectivity index (χ0v) is 35.1. The second kappa shape index (κ2) is 13.1. The Kier molecular flexibility index (Phi) is 7.11. The number of aromatic nitrogens is 2. The standard InChI is InChI=1S/C60H38N2O3/c1-5-13-51-41(9-1)42-10-2-6-14-52(42)61(51)39-21-27-59-49(33-39)47-31-37(19-25-57(47)64-59)35-17-23-55-45(29-35)46-30-36(18-24-56(46)63-55)38-20-26-58-48(32-38)50-34-40(22-28-60(50)65-58)62-53-15-7-3-11-43(53)44-12-4-8-16-54(44)62/h1-25,27-34,47,57-58H,26H2. The SMILES string of the molecule is C1=CC2Oc3ccc(-n4c5ccccc5c5ccccc54)cc3C2C=C1c1ccc2oc3ccc(C4=CCC5Oc6ccc(-n7c8ccccc8c8ccccc87)cc6C5=C4)cc3c2c1. The van der Waals surface area contributed by atoms with Gasteiger partial charge >= 0.3 is 0 Å². The second-order valence-electron chi connectivity index (χ2n) is 17.9. The zero-order chi connectivity index (χ0) is 42.3. The van der Waals surface area contributed by atoms with Crippen LogP contribution in [-0.2, 0) is 0 Å². The van der Waals surface area contributed by atoms with E-state index >= 15 is 0 Å². The van der Waals surface area contributed by atoms with Crippen LogP contribution in [0, 0.1) is 0 Å². The monoisotopic (exact) mass is 834 g/mol. The highest BCUT2D eigenvalue weighted by Gasteiger charge is 2.35. The molecule has 0 radical (unpaired) electrons. The van der Waals surface area contributed by atoms with Gasteiger partial charge in [-0.25, -0.2) is 0 Å². The summed E-state index contributed by atoms with van der Waals surface area (Å²) in [6.07, 6.45) is 12.3. The summed E-state index contributed by atoms with van der Waals surface area (Å²) >= 11 is 0. The molecule has 5 heteroatoms. The molecule has 0 fully saturated rings. The van der Waals surface area contributed by atoms with Crippen molar-refractivity contribution < 1.29 is 13.9 Å². The van der Waals surface area contributed by atoms with Crippen LogP contribution in [0.15, 0.2) is 205 Å². The molecule has 2 aliphatic heterocycles. The predicted octanol–water partition coefficient (Wildman–Crippen LogP) is 14.9. The predicted molar refractivity (Wildman–Crippen MR) is 265 cm³/mol. The summed E-state index contributed by atoms with van der Waals surface area (Å²) in [6, 6.07) is 61.3. The van der Waals surface area contributed by atoms with E-state index in [2.05, 4.69) is 209 Å². The van der Waals surface area contributed by atoms with E-state index in [-0.39, 0.29) is 18.1 Å². The molecule has 0 bridgehead atoms. The van der Waals surface area contributed by atoms with Crippen molar-refractivity contribution in [3.63, 3.8) is 0 Å². The van der Waals surface area contributed by atoms with Gasteiger partial charge in [0.15, 0.2) is 0 Å². The van der Waals surface area contributed by atoms with Gasteiger partial charge in [-0.1, -0.05) is 103 Å². The molecule has 65 heavy (non-hydrogen) atoms. The molecule has 15 rings (SSSR count). The molecule has 3 aromatic heterocycles. The van der Waals surface area contributed by atoms with E-state index in [0.29, 0.717) is 0 Å². The molecule has 11 aromatic rings. The summed E-state index contributed by atoms with van der Waals surface area (Å²) in [4.78, 5) is 0. The third kappa shape index (κ3) is 5.09. The first-order valence-electron chi connectivity index (χ1n) is 22.6. The van der Waals surface area contributed by atoms with Crippen molar-refractivity contribution in [3.8, 4) is 22.9 Å². The fourth-order valence-corrected chi connectivity index (χ4v) is 11.3. The van der Waals surface area contributed by atoms with Crippen molar-refractivity contribution in [2.45, 2.75) is 24.5 Å². The van der Waals surface area contributed by atoms with Crippen LogP contribution < -0.4 is 9.47 Å². The van der Waals surface area contributed by atoms with Crippen LogP contribution in [0.3, 0.4) is 0 Å². The molecular weight excluding hydrogens is 797 g/mol. The number of para-hydroxylation sites is 4. The highest BCUT2D eigenvalue weighted by Crippen LogP contribution is 2.48. The van der Waals surface area contributed by atoms with Gasteiger partial charge < -0.3 is 23.0 Å². The fourth-order valence-electron chi connectivity index (χ4n) is 11.3. The third-order valence-electron chi connectivity index (χ3n) is 14.4. The molecular formula is C60H38N2O3. The molecule has 8 aromatic carbocycles. The van der Waals surface area contributed by atoms with Gasteiger partial charge in [0.25, 0.3) is 0 Å². The van der Waals surface area contributed by atoms with Crippen LogP contribution in [0.1, 0.15) is 34.6 Å². The highest BCUT2D eigenvalue weighted by atomic mass is 16.5. The molecule has 5 heterocycles. The lowest BCUT2D eigenvalue weighted by Gasteiger charge is -2.19. The Morgan fingerprint density at radius 3 is 1.65 bits per heavy atom. The van der Waals surface area contributed by atoms with Gasteiger partial charge in [0, 0.05) is 72.7 Å². The maximum Gasteiger partial charge on any atom is 0.135 e. The van der Waals surface area contributed by atoms with Crippen molar-refractivity contribution in [2.24, 2.45) is 0 Å². The first-order valence-corrected chi connectivity index (χ1v) is 22.6. The molecule has 0 N–H and O–H groups in total. The average molecular weight is 835 g/mol. The van der Waals surface area contributed by atoms with Crippen LogP contribution in [0.4, 0.5) is 0 Å². The van der Waals surface area contributed by atoms with E-state index in [1.807, 2.05) is 0 Å². The lowest BCUT2D eigenvalue weighted by Crippen LogP contribution is -2.17. The molecule has 5 nitrogen and oxygen atoms in total. The smallest absolute Gasteiger partial charge is 0.135 e. The normalized spacial score (nSPS) is 18.4. The van der Waals surface area contributed by atoms with Crippen LogP contribution in [0.25, 0.3) is 93.6 Å². The summed E-state index contributed by atoms with van der Waals surface area (Å²) < 4.78 is 24.4. The van der Waals surface area contributed by atoms with E-state index in [1.54, 1.807) is 0 Å². The Morgan fingerprint density at radius 2 is 1.03 bits per heavy atom. The van der Waals surface area contributed by atoms with Gasteiger partial charge in [0.05, 0.1) is 22.1 Å². The number of fused-ring (bicyclic) bond motifs is 15. The number of hydrogen-bond donors (Lipinski definition) is 0. The average Bonchev–Trinajstić information content (AvgIpc) is 4.17. The summed E-state index contributed by atoms with van der Waals surface area (Å²) in [5.41, 5.74) is 17.2. The Morgan fingerprint density at radius 1 is 0.477 bits per heavy atom. The second-order valence-corrected chi connectivity index (χ2v) is 17.9. The summed E-state index contributed by atoms with van der Waals surface area (Å²) in [5.74, 6) is 1.99. The summed E-state index contributed by atoms with van der Waals surface area (Å²) in [7, 11) is 0. The van der Waals surface area contributed by atoms with E-state index in [9.17, 15) is 0 Å². The number of furan rings is 1. The first kappa shape index (κ1) is 35.2. The van der Waals surface area contributed by atoms with Crippen molar-refractivity contribution in [2.75, 3.05) is 0 Å². The molecule has 3 unspecified atom stereocenters. The van der Waals surface area contributed by atoms with Crippen LogP contribution in [0.2, 0.25) is 0 Å². The van der Waals surface area contributed by atoms with Crippen molar-refractivity contribution in [1.29, 1.82) is 0 Å². The van der Waals surface area contributed by atoms with Gasteiger partial charge in [0.1, 0.15) is 34.9 Å². The molecule has 306 valence electrons. The highest BCUT2D eigenvalue weighted by molar-refractivity contribution is 6.11. The van der Waals surface area contributed by atoms with Gasteiger partial charge in [-0.2, -0.15) is 0 Å². The lowest BCUT2D eigenvalue weighted by molar-refractivity contribution is 0.269. The molecule has 0 saturated heterocycles. The maximum absolute atomic E-state index is 6.57. The van der Waals surface area contributed by atoms with Crippen LogP contribution >= 0.6 is 0 Å². The lowest BCUT2D eigenvalue weighted by atomic mass is 9.86. The van der Waals surface area contributed by atoms with Gasteiger partial charge in [0.2, 0.25) is 0 Å².